The fraction of sp³-hybridized carbons (Fsp3) is 0.250. The summed E-state index contributed by atoms with van der Waals surface area (Å²) in [4.78, 5) is 22.7. The van der Waals surface area contributed by atoms with Crippen LogP contribution < -0.4 is 5.32 Å². The average Bonchev–Trinajstić information content (AvgIpc) is 2.37. The lowest BCUT2D eigenvalue weighted by molar-refractivity contribution is -0.137. The van der Waals surface area contributed by atoms with Crippen molar-refractivity contribution in [3.05, 3.63) is 29.3 Å². The van der Waals surface area contributed by atoms with E-state index in [-0.39, 0.29) is 11.3 Å². The highest BCUT2D eigenvalue weighted by atomic mass is 19.4. The number of ether oxygens (including phenoxy) is 1. The van der Waals surface area contributed by atoms with Crippen LogP contribution in [0.5, 0.6) is 0 Å². The standard InChI is InChI=1S/C12H9F3N2O3/c1-20-11(19)8-3-2-7(12(13,14)15)6-9(8)17-10(18)4-5-16/h2-3,6H,4H2,1H3,(H,17,18). The molecule has 1 N–H and O–H groups in total. The molecule has 1 rings (SSSR count). The number of anilines is 1. The number of halogens is 3. The van der Waals surface area contributed by atoms with E-state index in [1.807, 2.05) is 0 Å². The van der Waals surface area contributed by atoms with Gasteiger partial charge in [0.2, 0.25) is 5.91 Å². The molecule has 0 saturated heterocycles. The molecule has 0 aromatic heterocycles. The first kappa shape index (κ1) is 15.5. The number of carbonyl (C=O) groups is 2. The lowest BCUT2D eigenvalue weighted by Gasteiger charge is -2.12. The maximum absolute atomic E-state index is 12.6. The summed E-state index contributed by atoms with van der Waals surface area (Å²) in [5.41, 5.74) is -1.61. The third-order valence-corrected chi connectivity index (χ3v) is 2.27. The van der Waals surface area contributed by atoms with Crippen molar-refractivity contribution in [3.8, 4) is 6.07 Å². The molecule has 0 saturated carbocycles. The minimum Gasteiger partial charge on any atom is -0.465 e. The Labute approximate surface area is 111 Å². The summed E-state index contributed by atoms with van der Waals surface area (Å²) in [5, 5.41) is 10.4. The SMILES string of the molecule is COC(=O)c1ccc(C(F)(F)F)cc1NC(=O)CC#N. The number of rotatable bonds is 3. The summed E-state index contributed by atoms with van der Waals surface area (Å²) in [6.07, 6.45) is -5.17. The highest BCUT2D eigenvalue weighted by molar-refractivity contribution is 6.01. The summed E-state index contributed by atoms with van der Waals surface area (Å²) in [5.74, 6) is -1.72. The Balaban J connectivity index is 3.23. The molecule has 20 heavy (non-hydrogen) atoms. The number of esters is 1. The molecular weight excluding hydrogens is 277 g/mol. The van der Waals surface area contributed by atoms with Crippen LogP contribution in [0.3, 0.4) is 0 Å². The van der Waals surface area contributed by atoms with E-state index in [2.05, 4.69) is 10.1 Å². The van der Waals surface area contributed by atoms with Gasteiger partial charge in [0.1, 0.15) is 6.42 Å². The Hall–Kier alpha value is -2.56. The van der Waals surface area contributed by atoms with Crippen LogP contribution in [0, 0.1) is 11.3 Å². The highest BCUT2D eigenvalue weighted by Crippen LogP contribution is 2.32. The predicted octanol–water partition coefficient (Wildman–Crippen LogP) is 2.34. The van der Waals surface area contributed by atoms with E-state index >= 15 is 0 Å². The van der Waals surface area contributed by atoms with E-state index in [1.54, 1.807) is 6.07 Å². The minimum absolute atomic E-state index is 0.230. The number of hydrogen-bond acceptors (Lipinski definition) is 4. The van der Waals surface area contributed by atoms with Gasteiger partial charge in [-0.1, -0.05) is 0 Å². The molecule has 0 aliphatic rings. The van der Waals surface area contributed by atoms with E-state index in [4.69, 9.17) is 5.26 Å². The Morgan fingerprint density at radius 2 is 2.05 bits per heavy atom. The number of nitrogens with zero attached hydrogens (tertiary/aromatic N) is 1. The van der Waals surface area contributed by atoms with Gasteiger partial charge < -0.3 is 10.1 Å². The van der Waals surface area contributed by atoms with Crippen LogP contribution in [0.2, 0.25) is 0 Å². The number of alkyl halides is 3. The summed E-state index contributed by atoms with van der Waals surface area (Å²) < 4.78 is 42.2. The van der Waals surface area contributed by atoms with Crippen LogP contribution in [0.25, 0.3) is 0 Å². The van der Waals surface area contributed by atoms with Crippen molar-refractivity contribution >= 4 is 17.6 Å². The first-order valence-electron chi connectivity index (χ1n) is 5.26. The van der Waals surface area contributed by atoms with Crippen molar-refractivity contribution < 1.29 is 27.5 Å². The third-order valence-electron chi connectivity index (χ3n) is 2.27. The van der Waals surface area contributed by atoms with Gasteiger partial charge in [-0.2, -0.15) is 18.4 Å². The van der Waals surface area contributed by atoms with Gasteiger partial charge in [-0.3, -0.25) is 4.79 Å². The Kier molecular flexibility index (Phi) is 4.69. The van der Waals surface area contributed by atoms with E-state index in [1.165, 1.54) is 0 Å². The molecule has 0 aliphatic carbocycles. The van der Waals surface area contributed by atoms with Crippen LogP contribution in [0.1, 0.15) is 22.3 Å². The summed E-state index contributed by atoms with van der Waals surface area (Å²) >= 11 is 0. The van der Waals surface area contributed by atoms with Gasteiger partial charge in [0, 0.05) is 0 Å². The Bertz CT molecular complexity index is 576. The molecule has 0 atom stereocenters. The molecule has 8 heteroatoms. The topological polar surface area (TPSA) is 79.2 Å². The van der Waals surface area contributed by atoms with Crippen molar-refractivity contribution in [2.24, 2.45) is 0 Å². The lowest BCUT2D eigenvalue weighted by atomic mass is 10.1. The maximum Gasteiger partial charge on any atom is 0.416 e. The number of nitrogens with one attached hydrogen (secondary N) is 1. The first-order valence-corrected chi connectivity index (χ1v) is 5.26. The predicted molar refractivity (Wildman–Crippen MR) is 61.6 cm³/mol. The van der Waals surface area contributed by atoms with Crippen LogP contribution in [-0.4, -0.2) is 19.0 Å². The summed E-state index contributed by atoms with van der Waals surface area (Å²) in [7, 11) is 1.06. The first-order chi connectivity index (χ1) is 9.29. The van der Waals surface area contributed by atoms with Gasteiger partial charge >= 0.3 is 12.1 Å². The molecule has 0 fully saturated rings. The van der Waals surface area contributed by atoms with Crippen molar-refractivity contribution in [1.29, 1.82) is 5.26 Å². The maximum atomic E-state index is 12.6. The average molecular weight is 286 g/mol. The van der Waals surface area contributed by atoms with Crippen molar-refractivity contribution in [2.75, 3.05) is 12.4 Å². The van der Waals surface area contributed by atoms with Crippen LogP contribution >= 0.6 is 0 Å². The molecular formula is C12H9F3N2O3. The van der Waals surface area contributed by atoms with Crippen molar-refractivity contribution in [1.82, 2.24) is 0 Å². The van der Waals surface area contributed by atoms with Gasteiger partial charge in [-0.05, 0) is 18.2 Å². The second kappa shape index (κ2) is 6.06. The molecule has 1 aromatic rings. The second-order valence-electron chi connectivity index (χ2n) is 3.63. The molecule has 0 heterocycles. The number of amides is 1. The van der Waals surface area contributed by atoms with E-state index in [9.17, 15) is 22.8 Å². The van der Waals surface area contributed by atoms with Crippen molar-refractivity contribution in [2.45, 2.75) is 12.6 Å². The van der Waals surface area contributed by atoms with Crippen molar-refractivity contribution in [3.63, 3.8) is 0 Å². The largest absolute Gasteiger partial charge is 0.465 e. The number of carbonyl (C=O) groups excluding carboxylic acids is 2. The minimum atomic E-state index is -4.62. The van der Waals surface area contributed by atoms with Crippen LogP contribution in [0.15, 0.2) is 18.2 Å². The molecule has 0 unspecified atom stereocenters. The Morgan fingerprint density at radius 1 is 1.40 bits per heavy atom. The number of hydrogen-bond donors (Lipinski definition) is 1. The van der Waals surface area contributed by atoms with E-state index in [0.717, 1.165) is 13.2 Å². The van der Waals surface area contributed by atoms with Gasteiger partial charge in [0.05, 0.1) is 30.0 Å². The highest BCUT2D eigenvalue weighted by Gasteiger charge is 2.31. The zero-order valence-electron chi connectivity index (χ0n) is 10.2. The zero-order valence-corrected chi connectivity index (χ0v) is 10.2. The molecule has 0 aliphatic heterocycles. The molecule has 0 radical (unpaired) electrons. The fourth-order valence-electron chi connectivity index (χ4n) is 1.38. The monoisotopic (exact) mass is 286 g/mol. The summed E-state index contributed by atoms with van der Waals surface area (Å²) in [6, 6.07) is 3.76. The molecule has 0 spiro atoms. The van der Waals surface area contributed by atoms with Gasteiger partial charge in [0.25, 0.3) is 0 Å². The smallest absolute Gasteiger partial charge is 0.416 e. The third kappa shape index (κ3) is 3.71. The second-order valence-corrected chi connectivity index (χ2v) is 3.63. The van der Waals surface area contributed by atoms with Gasteiger partial charge in [0.15, 0.2) is 0 Å². The molecule has 106 valence electrons. The summed E-state index contributed by atoms with van der Waals surface area (Å²) in [6.45, 7) is 0. The number of methoxy groups -OCH3 is 1. The van der Waals surface area contributed by atoms with E-state index < -0.39 is 30.0 Å². The van der Waals surface area contributed by atoms with Crippen LogP contribution in [0.4, 0.5) is 18.9 Å². The van der Waals surface area contributed by atoms with Gasteiger partial charge in [-0.15, -0.1) is 0 Å². The van der Waals surface area contributed by atoms with Crippen LogP contribution in [-0.2, 0) is 15.7 Å². The fourth-order valence-corrected chi connectivity index (χ4v) is 1.38. The normalized spacial score (nSPS) is 10.6. The number of benzene rings is 1. The van der Waals surface area contributed by atoms with Gasteiger partial charge in [-0.25, -0.2) is 4.79 Å². The lowest BCUT2D eigenvalue weighted by Crippen LogP contribution is -2.16. The Morgan fingerprint density at radius 3 is 2.55 bits per heavy atom. The molecule has 1 aromatic carbocycles. The molecule has 0 bridgehead atoms. The zero-order chi connectivity index (χ0) is 15.3. The number of nitriles is 1. The molecule has 5 nitrogen and oxygen atoms in total. The molecule has 1 amide bonds. The quantitative estimate of drug-likeness (QED) is 0.865. The van der Waals surface area contributed by atoms with E-state index in [0.29, 0.717) is 12.1 Å².